The molecule has 1 aromatic carbocycles. The smallest absolute Gasteiger partial charge is 0.328 e. The quantitative estimate of drug-likeness (QED) is 0.580. The van der Waals surface area contributed by atoms with Gasteiger partial charge in [-0.25, -0.2) is 4.79 Å². The van der Waals surface area contributed by atoms with Crippen molar-refractivity contribution in [3.05, 3.63) is 34.9 Å². The van der Waals surface area contributed by atoms with Crippen molar-refractivity contribution in [3.8, 4) is 0 Å². The lowest BCUT2D eigenvalue weighted by Crippen LogP contribution is -2.48. The van der Waals surface area contributed by atoms with Crippen LogP contribution in [0.4, 0.5) is 0 Å². The Balaban J connectivity index is 2.66. The van der Waals surface area contributed by atoms with E-state index in [0.717, 1.165) is 12.8 Å². The molecule has 1 unspecified atom stereocenters. The van der Waals surface area contributed by atoms with Crippen LogP contribution in [0.5, 0.6) is 0 Å². The van der Waals surface area contributed by atoms with Crippen LogP contribution >= 0.6 is 23.8 Å². The second kappa shape index (κ2) is 10.2. The number of hydrogen-bond acceptors (Lipinski definition) is 4. The zero-order valence-electron chi connectivity index (χ0n) is 13.2. The SMILES string of the molecule is CCCCC(NC(=S)NC(=O)c1ccccc1Cl)C(=O)OCC. The van der Waals surface area contributed by atoms with Crippen LogP contribution in [0.25, 0.3) is 0 Å². The van der Waals surface area contributed by atoms with Crippen LogP contribution in [0.2, 0.25) is 5.02 Å². The van der Waals surface area contributed by atoms with E-state index in [4.69, 9.17) is 28.6 Å². The van der Waals surface area contributed by atoms with E-state index in [0.29, 0.717) is 23.6 Å². The summed E-state index contributed by atoms with van der Waals surface area (Å²) in [7, 11) is 0. The van der Waals surface area contributed by atoms with Crippen molar-refractivity contribution in [1.82, 2.24) is 10.6 Å². The summed E-state index contributed by atoms with van der Waals surface area (Å²) in [5.41, 5.74) is 0.319. The van der Waals surface area contributed by atoms with E-state index < -0.39 is 11.9 Å². The van der Waals surface area contributed by atoms with Crippen LogP contribution in [0, 0.1) is 0 Å². The Labute approximate surface area is 146 Å². The summed E-state index contributed by atoms with van der Waals surface area (Å²) in [5, 5.41) is 5.78. The highest BCUT2D eigenvalue weighted by molar-refractivity contribution is 7.80. The molecule has 0 spiro atoms. The first-order valence-electron chi connectivity index (χ1n) is 7.52. The fraction of sp³-hybridized carbons (Fsp3) is 0.438. The van der Waals surface area contributed by atoms with Crippen molar-refractivity contribution in [3.63, 3.8) is 0 Å². The molecule has 0 heterocycles. The fourth-order valence-corrected chi connectivity index (χ4v) is 2.37. The van der Waals surface area contributed by atoms with Crippen LogP contribution in [-0.2, 0) is 9.53 Å². The first kappa shape index (κ1) is 19.4. The van der Waals surface area contributed by atoms with E-state index in [1.807, 2.05) is 6.92 Å². The number of ether oxygens (including phenoxy) is 1. The highest BCUT2D eigenvalue weighted by atomic mass is 35.5. The highest BCUT2D eigenvalue weighted by Crippen LogP contribution is 2.14. The Bertz CT molecular complexity index is 566. The van der Waals surface area contributed by atoms with Gasteiger partial charge in [-0.3, -0.25) is 10.1 Å². The number of rotatable bonds is 7. The van der Waals surface area contributed by atoms with Crippen LogP contribution in [0.3, 0.4) is 0 Å². The minimum atomic E-state index is -0.575. The Morgan fingerprint density at radius 3 is 2.61 bits per heavy atom. The summed E-state index contributed by atoms with van der Waals surface area (Å²) >= 11 is 11.1. The Morgan fingerprint density at radius 2 is 2.00 bits per heavy atom. The normalized spacial score (nSPS) is 11.4. The summed E-state index contributed by atoms with van der Waals surface area (Å²) in [5.74, 6) is -0.804. The number of carbonyl (C=O) groups excluding carboxylic acids is 2. The van der Waals surface area contributed by atoms with Crippen LogP contribution < -0.4 is 10.6 Å². The molecule has 23 heavy (non-hydrogen) atoms. The largest absolute Gasteiger partial charge is 0.464 e. The maximum absolute atomic E-state index is 12.1. The molecule has 0 radical (unpaired) electrons. The summed E-state index contributed by atoms with van der Waals surface area (Å²) in [6, 6.07) is 6.08. The summed E-state index contributed by atoms with van der Waals surface area (Å²) < 4.78 is 5.02. The first-order chi connectivity index (χ1) is 11.0. The standard InChI is InChI=1S/C16H21ClN2O3S/c1-3-5-10-13(15(21)22-4-2)18-16(23)19-14(20)11-8-6-7-9-12(11)17/h6-9,13H,3-5,10H2,1-2H3,(H2,18,19,20,23). The molecule has 0 saturated heterocycles. The van der Waals surface area contributed by atoms with Crippen LogP contribution in [-0.4, -0.2) is 29.6 Å². The molecule has 0 aliphatic carbocycles. The van der Waals surface area contributed by atoms with Gasteiger partial charge in [-0.15, -0.1) is 0 Å². The molecule has 1 aromatic rings. The Kier molecular flexibility index (Phi) is 8.58. The van der Waals surface area contributed by atoms with Gasteiger partial charge in [0.2, 0.25) is 0 Å². The molecule has 2 N–H and O–H groups in total. The van der Waals surface area contributed by atoms with Gasteiger partial charge in [-0.2, -0.15) is 0 Å². The summed E-state index contributed by atoms with van der Waals surface area (Å²) in [4.78, 5) is 24.0. The van der Waals surface area contributed by atoms with Crippen molar-refractivity contribution in [2.75, 3.05) is 6.61 Å². The van der Waals surface area contributed by atoms with Gasteiger partial charge in [0.15, 0.2) is 5.11 Å². The van der Waals surface area contributed by atoms with Gasteiger partial charge < -0.3 is 10.1 Å². The van der Waals surface area contributed by atoms with Crippen molar-refractivity contribution in [2.45, 2.75) is 39.2 Å². The topological polar surface area (TPSA) is 67.4 Å². The maximum atomic E-state index is 12.1. The number of amides is 1. The molecular weight excluding hydrogens is 336 g/mol. The second-order valence-corrected chi connectivity index (χ2v) is 5.67. The van der Waals surface area contributed by atoms with Crippen LogP contribution in [0.1, 0.15) is 43.5 Å². The molecule has 1 rings (SSSR count). The van der Waals surface area contributed by atoms with Gasteiger partial charge in [0.1, 0.15) is 6.04 Å². The zero-order valence-corrected chi connectivity index (χ0v) is 14.8. The van der Waals surface area contributed by atoms with Crippen molar-refractivity contribution < 1.29 is 14.3 Å². The molecule has 7 heteroatoms. The summed E-state index contributed by atoms with van der Waals surface area (Å²) in [6.45, 7) is 4.06. The minimum absolute atomic E-state index is 0.0732. The van der Waals surface area contributed by atoms with Crippen LogP contribution in [0.15, 0.2) is 24.3 Å². The first-order valence-corrected chi connectivity index (χ1v) is 8.31. The number of thiocarbonyl (C=S) groups is 1. The molecule has 126 valence electrons. The molecule has 1 amide bonds. The van der Waals surface area contributed by atoms with Gasteiger partial charge in [-0.05, 0) is 37.7 Å². The van der Waals surface area contributed by atoms with Crippen molar-refractivity contribution >= 4 is 40.8 Å². The number of hydrogen-bond donors (Lipinski definition) is 2. The predicted octanol–water partition coefficient (Wildman–Crippen LogP) is 3.07. The average Bonchev–Trinajstić information content (AvgIpc) is 2.51. The molecule has 0 bridgehead atoms. The van der Waals surface area contributed by atoms with Gasteiger partial charge >= 0.3 is 5.97 Å². The van der Waals surface area contributed by atoms with E-state index in [1.54, 1.807) is 31.2 Å². The fourth-order valence-electron chi connectivity index (χ4n) is 1.91. The lowest BCUT2D eigenvalue weighted by Gasteiger charge is -2.19. The van der Waals surface area contributed by atoms with E-state index in [2.05, 4.69) is 10.6 Å². The van der Waals surface area contributed by atoms with Gasteiger partial charge in [-0.1, -0.05) is 43.5 Å². The van der Waals surface area contributed by atoms with Crippen molar-refractivity contribution in [1.29, 1.82) is 0 Å². The molecule has 0 aliphatic rings. The van der Waals surface area contributed by atoms with E-state index >= 15 is 0 Å². The minimum Gasteiger partial charge on any atom is -0.464 e. The van der Waals surface area contributed by atoms with Crippen molar-refractivity contribution in [2.24, 2.45) is 0 Å². The molecule has 0 fully saturated rings. The highest BCUT2D eigenvalue weighted by Gasteiger charge is 2.21. The van der Waals surface area contributed by atoms with E-state index in [1.165, 1.54) is 0 Å². The van der Waals surface area contributed by atoms with E-state index in [9.17, 15) is 9.59 Å². The molecule has 1 atom stereocenters. The molecular formula is C16H21ClN2O3S. The number of esters is 1. The molecule has 0 saturated carbocycles. The maximum Gasteiger partial charge on any atom is 0.328 e. The third kappa shape index (κ3) is 6.54. The third-order valence-electron chi connectivity index (χ3n) is 3.07. The number of nitrogens with one attached hydrogen (secondary N) is 2. The third-order valence-corrected chi connectivity index (χ3v) is 3.62. The zero-order chi connectivity index (χ0) is 17.2. The molecule has 0 aromatic heterocycles. The van der Waals surface area contributed by atoms with Gasteiger partial charge in [0.05, 0.1) is 17.2 Å². The summed E-state index contributed by atoms with van der Waals surface area (Å²) in [6.07, 6.45) is 2.37. The monoisotopic (exact) mass is 356 g/mol. The lowest BCUT2D eigenvalue weighted by molar-refractivity contribution is -0.145. The Hall–Kier alpha value is -1.66. The number of carbonyl (C=O) groups is 2. The Morgan fingerprint density at radius 1 is 1.30 bits per heavy atom. The van der Waals surface area contributed by atoms with Gasteiger partial charge in [0.25, 0.3) is 5.91 Å². The number of unbranched alkanes of at least 4 members (excludes halogenated alkanes) is 1. The molecule has 5 nitrogen and oxygen atoms in total. The number of halogens is 1. The lowest BCUT2D eigenvalue weighted by atomic mass is 10.1. The second-order valence-electron chi connectivity index (χ2n) is 4.85. The van der Waals surface area contributed by atoms with E-state index in [-0.39, 0.29) is 11.1 Å². The van der Waals surface area contributed by atoms with Gasteiger partial charge in [0, 0.05) is 0 Å². The number of benzene rings is 1. The predicted molar refractivity (Wildman–Crippen MR) is 94.6 cm³/mol. The average molecular weight is 357 g/mol. The molecule has 0 aliphatic heterocycles.